The fourth-order valence-electron chi connectivity index (χ4n) is 2.32. The van der Waals surface area contributed by atoms with Gasteiger partial charge >= 0.3 is 0 Å². The molecular formula is C18H22N2O4S. The third kappa shape index (κ3) is 4.80. The van der Waals surface area contributed by atoms with E-state index in [1.807, 2.05) is 26.0 Å². The molecule has 0 atom stereocenters. The van der Waals surface area contributed by atoms with Crippen molar-refractivity contribution in [1.29, 1.82) is 0 Å². The first-order valence-corrected chi connectivity index (χ1v) is 9.45. The van der Waals surface area contributed by atoms with Crippen molar-refractivity contribution in [1.82, 2.24) is 4.90 Å². The van der Waals surface area contributed by atoms with E-state index < -0.39 is 10.0 Å². The van der Waals surface area contributed by atoms with E-state index >= 15 is 0 Å². The lowest BCUT2D eigenvalue weighted by Gasteiger charge is -2.19. The summed E-state index contributed by atoms with van der Waals surface area (Å²) in [6.07, 6.45) is 0. The molecule has 2 N–H and O–H groups in total. The minimum absolute atomic E-state index is 0.0785. The van der Waals surface area contributed by atoms with Gasteiger partial charge in [-0.05, 0) is 50.2 Å². The van der Waals surface area contributed by atoms with Crippen LogP contribution in [-0.4, -0.2) is 44.0 Å². The third-order valence-electron chi connectivity index (χ3n) is 3.75. The number of benzene rings is 2. The van der Waals surface area contributed by atoms with Gasteiger partial charge in [-0.25, -0.2) is 8.42 Å². The van der Waals surface area contributed by atoms with Crippen molar-refractivity contribution < 1.29 is 18.3 Å². The predicted molar refractivity (Wildman–Crippen MR) is 97.1 cm³/mol. The molecule has 0 fully saturated rings. The summed E-state index contributed by atoms with van der Waals surface area (Å²) >= 11 is 0. The molecule has 0 aromatic heterocycles. The minimum atomic E-state index is -3.72. The van der Waals surface area contributed by atoms with Crippen LogP contribution >= 0.6 is 0 Å². The van der Waals surface area contributed by atoms with Crippen LogP contribution in [0.25, 0.3) is 0 Å². The summed E-state index contributed by atoms with van der Waals surface area (Å²) in [6, 6.07) is 12.8. The second-order valence-corrected chi connectivity index (χ2v) is 7.29. The van der Waals surface area contributed by atoms with E-state index in [9.17, 15) is 13.2 Å². The number of nitrogens with one attached hydrogen (secondary N) is 1. The number of hydrogen-bond acceptors (Lipinski definition) is 4. The van der Waals surface area contributed by atoms with Crippen LogP contribution in [0.2, 0.25) is 0 Å². The Hall–Kier alpha value is -2.38. The van der Waals surface area contributed by atoms with Crippen molar-refractivity contribution >= 4 is 21.6 Å². The quantitative estimate of drug-likeness (QED) is 0.791. The molecule has 6 nitrogen and oxygen atoms in total. The van der Waals surface area contributed by atoms with E-state index in [1.165, 1.54) is 29.2 Å². The molecular weight excluding hydrogens is 340 g/mol. The summed E-state index contributed by atoms with van der Waals surface area (Å²) in [5.74, 6) is -0.244. The highest BCUT2D eigenvalue weighted by molar-refractivity contribution is 7.92. The van der Waals surface area contributed by atoms with Crippen LogP contribution in [0.15, 0.2) is 53.4 Å². The number of aliphatic hydroxyl groups is 1. The zero-order chi connectivity index (χ0) is 18.4. The summed E-state index contributed by atoms with van der Waals surface area (Å²) in [5, 5.41) is 8.99. The highest BCUT2D eigenvalue weighted by atomic mass is 32.2. The summed E-state index contributed by atoms with van der Waals surface area (Å²) in [5.41, 5.74) is 1.89. The zero-order valence-electron chi connectivity index (χ0n) is 14.3. The molecule has 0 unspecified atom stereocenters. The summed E-state index contributed by atoms with van der Waals surface area (Å²) in [7, 11) is -3.72. The van der Waals surface area contributed by atoms with Gasteiger partial charge in [0.15, 0.2) is 0 Å². The van der Waals surface area contributed by atoms with Crippen LogP contribution in [0, 0.1) is 6.92 Å². The van der Waals surface area contributed by atoms with Crippen LogP contribution in [0.5, 0.6) is 0 Å². The van der Waals surface area contributed by atoms with Crippen LogP contribution in [0.3, 0.4) is 0 Å². The van der Waals surface area contributed by atoms with Gasteiger partial charge in [-0.3, -0.25) is 9.52 Å². The maximum absolute atomic E-state index is 12.4. The molecule has 0 bridgehead atoms. The molecule has 2 aromatic carbocycles. The number of rotatable bonds is 7. The normalized spacial score (nSPS) is 11.2. The maximum Gasteiger partial charge on any atom is 0.261 e. The van der Waals surface area contributed by atoms with Crippen molar-refractivity contribution in [2.45, 2.75) is 18.7 Å². The number of aryl methyl sites for hydroxylation is 1. The monoisotopic (exact) mass is 362 g/mol. The number of carbonyl (C=O) groups is 1. The molecule has 0 heterocycles. The first kappa shape index (κ1) is 19.0. The number of nitrogens with zero attached hydrogens (tertiary/aromatic N) is 1. The summed E-state index contributed by atoms with van der Waals surface area (Å²) in [4.78, 5) is 13.9. The second-order valence-electron chi connectivity index (χ2n) is 5.60. The molecule has 2 rings (SSSR count). The van der Waals surface area contributed by atoms with Crippen LogP contribution < -0.4 is 4.72 Å². The molecule has 134 valence electrons. The second kappa shape index (κ2) is 8.13. The molecule has 2 aromatic rings. The molecule has 1 amide bonds. The Balaban J connectivity index is 2.17. The maximum atomic E-state index is 12.4. The molecule has 0 spiro atoms. The fourth-order valence-corrected chi connectivity index (χ4v) is 3.38. The third-order valence-corrected chi connectivity index (χ3v) is 5.15. The Morgan fingerprint density at radius 3 is 2.20 bits per heavy atom. The largest absolute Gasteiger partial charge is 0.395 e. The fraction of sp³-hybridized carbons (Fsp3) is 0.278. The Labute approximate surface area is 148 Å². The van der Waals surface area contributed by atoms with E-state index in [0.717, 1.165) is 5.56 Å². The Kier molecular flexibility index (Phi) is 6.17. The predicted octanol–water partition coefficient (Wildman–Crippen LogP) is 2.25. The zero-order valence-corrected chi connectivity index (χ0v) is 15.1. The minimum Gasteiger partial charge on any atom is -0.395 e. The molecule has 0 aliphatic carbocycles. The van der Waals surface area contributed by atoms with Gasteiger partial charge in [-0.1, -0.05) is 17.7 Å². The van der Waals surface area contributed by atoms with Crippen LogP contribution in [-0.2, 0) is 10.0 Å². The van der Waals surface area contributed by atoms with Gasteiger partial charge < -0.3 is 10.0 Å². The van der Waals surface area contributed by atoms with Gasteiger partial charge in [-0.15, -0.1) is 0 Å². The van der Waals surface area contributed by atoms with Crippen molar-refractivity contribution in [3.63, 3.8) is 0 Å². The SMILES string of the molecule is CCN(CCO)C(=O)c1ccc(S(=O)(=O)Nc2ccc(C)cc2)cc1. The number of aliphatic hydroxyl groups excluding tert-OH is 1. The van der Waals surface area contributed by atoms with Crippen LogP contribution in [0.1, 0.15) is 22.8 Å². The van der Waals surface area contributed by atoms with E-state index in [1.54, 1.807) is 12.1 Å². The molecule has 0 aliphatic rings. The number of sulfonamides is 1. The lowest BCUT2D eigenvalue weighted by Crippen LogP contribution is -2.33. The van der Waals surface area contributed by atoms with E-state index in [0.29, 0.717) is 17.8 Å². The van der Waals surface area contributed by atoms with Crippen molar-refractivity contribution in [3.05, 3.63) is 59.7 Å². The smallest absolute Gasteiger partial charge is 0.261 e. The molecule has 25 heavy (non-hydrogen) atoms. The standard InChI is InChI=1S/C18H22N2O4S/c1-3-20(12-13-21)18(22)15-6-10-17(11-7-15)25(23,24)19-16-8-4-14(2)5-9-16/h4-11,19,21H,3,12-13H2,1-2H3. The summed E-state index contributed by atoms with van der Waals surface area (Å²) in [6.45, 7) is 4.33. The number of anilines is 1. The first-order chi connectivity index (χ1) is 11.9. The Morgan fingerprint density at radius 1 is 1.08 bits per heavy atom. The van der Waals surface area contributed by atoms with Crippen LogP contribution in [0.4, 0.5) is 5.69 Å². The van der Waals surface area contributed by atoms with Crippen molar-refractivity contribution in [3.8, 4) is 0 Å². The lowest BCUT2D eigenvalue weighted by atomic mass is 10.2. The average Bonchev–Trinajstić information content (AvgIpc) is 2.61. The molecule has 0 saturated carbocycles. The lowest BCUT2D eigenvalue weighted by molar-refractivity contribution is 0.0732. The average molecular weight is 362 g/mol. The number of carbonyl (C=O) groups excluding carboxylic acids is 1. The number of hydrogen-bond donors (Lipinski definition) is 2. The van der Waals surface area contributed by atoms with Gasteiger partial charge in [0.25, 0.3) is 15.9 Å². The van der Waals surface area contributed by atoms with E-state index in [4.69, 9.17) is 5.11 Å². The Morgan fingerprint density at radius 2 is 1.68 bits per heavy atom. The first-order valence-electron chi connectivity index (χ1n) is 7.97. The van der Waals surface area contributed by atoms with E-state index in [-0.39, 0.29) is 24.0 Å². The summed E-state index contributed by atoms with van der Waals surface area (Å²) < 4.78 is 27.3. The number of likely N-dealkylation sites (N-methyl/N-ethyl adjacent to an activating group) is 1. The molecule has 0 saturated heterocycles. The Bertz CT molecular complexity index is 815. The highest BCUT2D eigenvalue weighted by Crippen LogP contribution is 2.17. The van der Waals surface area contributed by atoms with Crippen molar-refractivity contribution in [2.24, 2.45) is 0 Å². The van der Waals surface area contributed by atoms with Gasteiger partial charge in [-0.2, -0.15) is 0 Å². The van der Waals surface area contributed by atoms with Gasteiger partial charge in [0.05, 0.1) is 11.5 Å². The van der Waals surface area contributed by atoms with Gasteiger partial charge in [0, 0.05) is 24.3 Å². The topological polar surface area (TPSA) is 86.7 Å². The number of amides is 1. The highest BCUT2D eigenvalue weighted by Gasteiger charge is 2.17. The van der Waals surface area contributed by atoms with Gasteiger partial charge in [0.2, 0.25) is 0 Å². The molecule has 0 aliphatic heterocycles. The van der Waals surface area contributed by atoms with Crippen molar-refractivity contribution in [2.75, 3.05) is 24.4 Å². The van der Waals surface area contributed by atoms with E-state index in [2.05, 4.69) is 4.72 Å². The molecule has 7 heteroatoms. The molecule has 0 radical (unpaired) electrons. The van der Waals surface area contributed by atoms with Gasteiger partial charge in [0.1, 0.15) is 0 Å².